The zero-order valence-corrected chi connectivity index (χ0v) is 13.4. The Hall–Kier alpha value is -1.10. The van der Waals surface area contributed by atoms with E-state index in [1.165, 1.54) is 18.4 Å². The predicted molar refractivity (Wildman–Crippen MR) is 85.6 cm³/mol. The van der Waals surface area contributed by atoms with Gasteiger partial charge in [0.1, 0.15) is 5.75 Å². The molecule has 4 heteroatoms. The van der Waals surface area contributed by atoms with Crippen LogP contribution in [0.2, 0.25) is 0 Å². The van der Waals surface area contributed by atoms with Crippen LogP contribution in [0.3, 0.4) is 0 Å². The molecule has 0 spiro atoms. The molecule has 0 radical (unpaired) electrons. The lowest BCUT2D eigenvalue weighted by molar-refractivity contribution is 0.0834. The molecule has 21 heavy (non-hydrogen) atoms. The third-order valence-corrected chi connectivity index (χ3v) is 4.51. The van der Waals surface area contributed by atoms with E-state index >= 15 is 0 Å². The smallest absolute Gasteiger partial charge is 0.118 e. The van der Waals surface area contributed by atoms with E-state index < -0.39 is 0 Å². The molecule has 4 nitrogen and oxygen atoms in total. The summed E-state index contributed by atoms with van der Waals surface area (Å²) in [5, 5.41) is 0. The van der Waals surface area contributed by atoms with E-state index in [1.54, 1.807) is 14.2 Å². The van der Waals surface area contributed by atoms with Gasteiger partial charge in [-0.2, -0.15) is 0 Å². The molecule has 1 saturated carbocycles. The number of ether oxygens (including phenoxy) is 2. The quantitative estimate of drug-likeness (QED) is 0.759. The number of benzene rings is 1. The SMILES string of the molecule is COCCN(C(CN)c1ccc(OC)cc1)C(C)C1CC1. The summed E-state index contributed by atoms with van der Waals surface area (Å²) in [5.74, 6) is 1.70. The van der Waals surface area contributed by atoms with Gasteiger partial charge in [-0.3, -0.25) is 4.90 Å². The van der Waals surface area contributed by atoms with Crippen LogP contribution in [0.5, 0.6) is 5.75 Å². The summed E-state index contributed by atoms with van der Waals surface area (Å²) in [6, 6.07) is 9.05. The zero-order chi connectivity index (χ0) is 15.2. The Morgan fingerprint density at radius 2 is 1.90 bits per heavy atom. The van der Waals surface area contributed by atoms with Crippen molar-refractivity contribution in [2.75, 3.05) is 33.9 Å². The van der Waals surface area contributed by atoms with Gasteiger partial charge in [0, 0.05) is 32.3 Å². The van der Waals surface area contributed by atoms with Crippen molar-refractivity contribution in [3.63, 3.8) is 0 Å². The van der Waals surface area contributed by atoms with Gasteiger partial charge in [0.05, 0.1) is 13.7 Å². The molecule has 2 atom stereocenters. The number of methoxy groups -OCH3 is 2. The van der Waals surface area contributed by atoms with Gasteiger partial charge in [0.25, 0.3) is 0 Å². The molecule has 1 aromatic rings. The minimum absolute atomic E-state index is 0.238. The first-order valence-corrected chi connectivity index (χ1v) is 7.80. The molecule has 0 bridgehead atoms. The van der Waals surface area contributed by atoms with E-state index in [9.17, 15) is 0 Å². The molecule has 118 valence electrons. The Labute approximate surface area is 128 Å². The maximum atomic E-state index is 6.09. The second-order valence-corrected chi connectivity index (χ2v) is 5.83. The zero-order valence-electron chi connectivity index (χ0n) is 13.4. The number of nitrogens with zero attached hydrogens (tertiary/aromatic N) is 1. The van der Waals surface area contributed by atoms with Gasteiger partial charge in [0.15, 0.2) is 0 Å². The van der Waals surface area contributed by atoms with Gasteiger partial charge >= 0.3 is 0 Å². The first-order valence-electron chi connectivity index (χ1n) is 7.80. The second kappa shape index (κ2) is 7.78. The molecule has 0 amide bonds. The maximum absolute atomic E-state index is 6.09. The molecule has 2 unspecified atom stereocenters. The van der Waals surface area contributed by atoms with Crippen LogP contribution in [0, 0.1) is 5.92 Å². The lowest BCUT2D eigenvalue weighted by Crippen LogP contribution is -2.43. The average Bonchev–Trinajstić information content (AvgIpc) is 3.36. The molecule has 1 fully saturated rings. The standard InChI is InChI=1S/C17H28N2O2/c1-13(14-4-5-14)19(10-11-20-2)17(12-18)15-6-8-16(21-3)9-7-15/h6-9,13-14,17H,4-5,10-12,18H2,1-3H3. The van der Waals surface area contributed by atoms with Crippen molar-refractivity contribution in [2.24, 2.45) is 11.7 Å². The highest BCUT2D eigenvalue weighted by Crippen LogP contribution is 2.38. The van der Waals surface area contributed by atoms with Crippen LogP contribution in [-0.4, -0.2) is 44.9 Å². The Morgan fingerprint density at radius 3 is 2.38 bits per heavy atom. The summed E-state index contributed by atoms with van der Waals surface area (Å²) >= 11 is 0. The summed E-state index contributed by atoms with van der Waals surface area (Å²) in [6.45, 7) is 4.60. The second-order valence-electron chi connectivity index (χ2n) is 5.83. The summed E-state index contributed by atoms with van der Waals surface area (Å²) in [7, 11) is 3.44. The van der Waals surface area contributed by atoms with Crippen molar-refractivity contribution in [3.8, 4) is 5.75 Å². The number of hydrogen-bond acceptors (Lipinski definition) is 4. The van der Waals surface area contributed by atoms with Crippen LogP contribution in [0.4, 0.5) is 0 Å². The first kappa shape index (κ1) is 16.3. The van der Waals surface area contributed by atoms with Crippen LogP contribution in [-0.2, 0) is 4.74 Å². The Morgan fingerprint density at radius 1 is 1.24 bits per heavy atom. The highest BCUT2D eigenvalue weighted by Gasteiger charge is 2.35. The van der Waals surface area contributed by atoms with Crippen molar-refractivity contribution in [3.05, 3.63) is 29.8 Å². The number of nitrogens with two attached hydrogens (primary N) is 1. The van der Waals surface area contributed by atoms with Crippen molar-refractivity contribution in [1.82, 2.24) is 4.90 Å². The molecule has 0 aromatic heterocycles. The third-order valence-electron chi connectivity index (χ3n) is 4.51. The van der Waals surface area contributed by atoms with Crippen LogP contribution in [0.25, 0.3) is 0 Å². The van der Waals surface area contributed by atoms with Gasteiger partial charge in [-0.25, -0.2) is 0 Å². The van der Waals surface area contributed by atoms with Gasteiger partial charge in [-0.1, -0.05) is 12.1 Å². The summed E-state index contributed by atoms with van der Waals surface area (Å²) in [4.78, 5) is 2.50. The molecule has 1 aromatic carbocycles. The maximum Gasteiger partial charge on any atom is 0.118 e. The number of hydrogen-bond donors (Lipinski definition) is 1. The highest BCUT2D eigenvalue weighted by atomic mass is 16.5. The van der Waals surface area contributed by atoms with E-state index in [1.807, 2.05) is 12.1 Å². The molecule has 0 heterocycles. The van der Waals surface area contributed by atoms with E-state index in [4.69, 9.17) is 15.2 Å². The third kappa shape index (κ3) is 4.19. The molecule has 1 aliphatic rings. The molecular weight excluding hydrogens is 264 g/mol. The highest BCUT2D eigenvalue weighted by molar-refractivity contribution is 5.29. The van der Waals surface area contributed by atoms with Crippen molar-refractivity contribution >= 4 is 0 Å². The van der Waals surface area contributed by atoms with Gasteiger partial charge in [-0.05, 0) is 43.4 Å². The Bertz CT molecular complexity index is 417. The normalized spacial score (nSPS) is 17.8. The minimum atomic E-state index is 0.238. The van der Waals surface area contributed by atoms with Crippen LogP contribution in [0.15, 0.2) is 24.3 Å². The van der Waals surface area contributed by atoms with Crippen LogP contribution in [0.1, 0.15) is 31.4 Å². The van der Waals surface area contributed by atoms with Crippen LogP contribution < -0.4 is 10.5 Å². The van der Waals surface area contributed by atoms with Gasteiger partial charge in [0.2, 0.25) is 0 Å². The lowest BCUT2D eigenvalue weighted by atomic mass is 10.0. The Kier molecular flexibility index (Phi) is 6.03. The average molecular weight is 292 g/mol. The minimum Gasteiger partial charge on any atom is -0.497 e. The Balaban J connectivity index is 2.15. The fourth-order valence-corrected chi connectivity index (χ4v) is 2.98. The van der Waals surface area contributed by atoms with Crippen molar-refractivity contribution in [2.45, 2.75) is 31.8 Å². The van der Waals surface area contributed by atoms with E-state index in [2.05, 4.69) is 24.0 Å². The van der Waals surface area contributed by atoms with E-state index in [0.717, 1.165) is 24.8 Å². The fraction of sp³-hybridized carbons (Fsp3) is 0.647. The molecule has 0 aliphatic heterocycles. The lowest BCUT2D eigenvalue weighted by Gasteiger charge is -2.36. The predicted octanol–water partition coefficient (Wildman–Crippen LogP) is 2.44. The fourth-order valence-electron chi connectivity index (χ4n) is 2.98. The molecule has 2 rings (SSSR count). The largest absolute Gasteiger partial charge is 0.497 e. The molecule has 1 aliphatic carbocycles. The summed E-state index contributed by atoms with van der Waals surface area (Å²) in [5.41, 5.74) is 7.34. The van der Waals surface area contributed by atoms with Gasteiger partial charge < -0.3 is 15.2 Å². The summed E-state index contributed by atoms with van der Waals surface area (Å²) < 4.78 is 10.5. The first-order chi connectivity index (χ1) is 10.2. The van der Waals surface area contributed by atoms with E-state index in [0.29, 0.717) is 12.6 Å². The number of rotatable bonds is 9. The molecule has 0 saturated heterocycles. The summed E-state index contributed by atoms with van der Waals surface area (Å²) in [6.07, 6.45) is 2.68. The monoisotopic (exact) mass is 292 g/mol. The van der Waals surface area contributed by atoms with Gasteiger partial charge in [-0.15, -0.1) is 0 Å². The molecule has 2 N–H and O–H groups in total. The molecular formula is C17H28N2O2. The van der Waals surface area contributed by atoms with Crippen molar-refractivity contribution in [1.29, 1.82) is 0 Å². The van der Waals surface area contributed by atoms with E-state index in [-0.39, 0.29) is 6.04 Å². The topological polar surface area (TPSA) is 47.7 Å². The van der Waals surface area contributed by atoms with Crippen molar-refractivity contribution < 1.29 is 9.47 Å². The van der Waals surface area contributed by atoms with Crippen LogP contribution >= 0.6 is 0 Å².